The minimum Gasteiger partial charge on any atom is -0.465 e. The maximum Gasteiger partial charge on any atom is 0.246 e. The van der Waals surface area contributed by atoms with Crippen LogP contribution in [0.1, 0.15) is 37.9 Å². The first-order chi connectivity index (χ1) is 9.57. The molecule has 0 bridgehead atoms. The van der Waals surface area contributed by atoms with E-state index in [9.17, 15) is 8.42 Å². The SMILES string of the molecule is C=C(C)CN(C)S(=O)(=O)c1c(C)oc(C)c1CNC(C)C. The van der Waals surface area contributed by atoms with Gasteiger partial charge in [-0.25, -0.2) is 8.42 Å². The van der Waals surface area contributed by atoms with E-state index in [1.807, 2.05) is 13.8 Å². The molecule has 0 aromatic carbocycles. The number of likely N-dealkylation sites (N-methyl/N-ethyl adjacent to an activating group) is 1. The van der Waals surface area contributed by atoms with Gasteiger partial charge < -0.3 is 9.73 Å². The molecule has 0 saturated carbocycles. The second-order valence-electron chi connectivity index (χ2n) is 5.78. The van der Waals surface area contributed by atoms with Crippen LogP contribution in [0.2, 0.25) is 0 Å². The Morgan fingerprint density at radius 1 is 1.33 bits per heavy atom. The van der Waals surface area contributed by atoms with Crippen molar-refractivity contribution >= 4 is 10.0 Å². The van der Waals surface area contributed by atoms with Crippen molar-refractivity contribution in [3.63, 3.8) is 0 Å². The van der Waals surface area contributed by atoms with Crippen molar-refractivity contribution in [1.29, 1.82) is 0 Å². The fourth-order valence-corrected chi connectivity index (χ4v) is 3.81. The van der Waals surface area contributed by atoms with Gasteiger partial charge in [-0.1, -0.05) is 26.0 Å². The van der Waals surface area contributed by atoms with E-state index in [4.69, 9.17) is 4.42 Å². The van der Waals surface area contributed by atoms with Gasteiger partial charge in [-0.05, 0) is 20.8 Å². The molecule has 0 aliphatic rings. The molecule has 1 aromatic rings. The molecule has 1 N–H and O–H groups in total. The lowest BCUT2D eigenvalue weighted by molar-refractivity contribution is 0.478. The van der Waals surface area contributed by atoms with E-state index in [1.165, 1.54) is 4.31 Å². The van der Waals surface area contributed by atoms with Gasteiger partial charge in [0.1, 0.15) is 16.4 Å². The molecular formula is C15H26N2O3S. The summed E-state index contributed by atoms with van der Waals surface area (Å²) in [6, 6.07) is 0.267. The molecule has 0 aliphatic heterocycles. The maximum atomic E-state index is 12.8. The Balaban J connectivity index is 3.25. The minimum atomic E-state index is -3.58. The summed E-state index contributed by atoms with van der Waals surface area (Å²) in [4.78, 5) is 0.275. The third-order valence-corrected chi connectivity index (χ3v) is 5.17. The topological polar surface area (TPSA) is 62.6 Å². The first-order valence-corrected chi connectivity index (χ1v) is 8.44. The van der Waals surface area contributed by atoms with E-state index in [0.717, 1.165) is 5.57 Å². The molecule has 6 heteroatoms. The Bertz CT molecular complexity index is 615. The predicted octanol–water partition coefficient (Wildman–Crippen LogP) is 2.59. The smallest absolute Gasteiger partial charge is 0.246 e. The van der Waals surface area contributed by atoms with Crippen LogP contribution in [0, 0.1) is 13.8 Å². The number of rotatable bonds is 7. The Hall–Kier alpha value is -1.11. The standard InChI is InChI=1S/C15H26N2O3S/c1-10(2)9-17(7)21(18,19)15-13(6)20-12(5)14(15)8-16-11(3)4/h11,16H,1,8-9H2,2-7H3. The Morgan fingerprint density at radius 2 is 1.90 bits per heavy atom. The van der Waals surface area contributed by atoms with Crippen molar-refractivity contribution in [3.8, 4) is 0 Å². The summed E-state index contributed by atoms with van der Waals surface area (Å²) in [6.07, 6.45) is 0. The maximum absolute atomic E-state index is 12.8. The second kappa shape index (κ2) is 6.77. The first kappa shape index (κ1) is 17.9. The van der Waals surface area contributed by atoms with E-state index in [1.54, 1.807) is 27.8 Å². The molecule has 0 spiro atoms. The highest BCUT2D eigenvalue weighted by molar-refractivity contribution is 7.89. The Morgan fingerprint density at radius 3 is 2.38 bits per heavy atom. The van der Waals surface area contributed by atoms with Gasteiger partial charge in [-0.2, -0.15) is 4.31 Å². The summed E-state index contributed by atoms with van der Waals surface area (Å²) in [5, 5.41) is 3.25. The zero-order chi connectivity index (χ0) is 16.4. The molecule has 1 rings (SSSR count). The molecule has 120 valence electrons. The monoisotopic (exact) mass is 314 g/mol. The molecule has 5 nitrogen and oxygen atoms in total. The number of nitrogens with zero attached hydrogens (tertiary/aromatic N) is 1. The van der Waals surface area contributed by atoms with E-state index >= 15 is 0 Å². The van der Waals surface area contributed by atoms with Gasteiger partial charge in [0.25, 0.3) is 0 Å². The molecule has 0 fully saturated rings. The normalized spacial score (nSPS) is 12.4. The fraction of sp³-hybridized carbons (Fsp3) is 0.600. The highest BCUT2D eigenvalue weighted by atomic mass is 32.2. The van der Waals surface area contributed by atoms with Crippen molar-refractivity contribution in [1.82, 2.24) is 9.62 Å². The van der Waals surface area contributed by atoms with Gasteiger partial charge in [-0.3, -0.25) is 0 Å². The van der Waals surface area contributed by atoms with Crippen molar-refractivity contribution in [3.05, 3.63) is 29.2 Å². The summed E-state index contributed by atoms with van der Waals surface area (Å²) in [6.45, 7) is 13.9. The number of nitrogens with one attached hydrogen (secondary N) is 1. The van der Waals surface area contributed by atoms with Crippen LogP contribution in [0.4, 0.5) is 0 Å². The van der Waals surface area contributed by atoms with E-state index < -0.39 is 10.0 Å². The van der Waals surface area contributed by atoms with Gasteiger partial charge in [0.2, 0.25) is 10.0 Å². The third-order valence-electron chi connectivity index (χ3n) is 3.17. The van der Waals surface area contributed by atoms with E-state index in [-0.39, 0.29) is 10.9 Å². The van der Waals surface area contributed by atoms with Crippen LogP contribution in [-0.2, 0) is 16.6 Å². The quantitative estimate of drug-likeness (QED) is 0.786. The van der Waals surface area contributed by atoms with Crippen LogP contribution in [-0.4, -0.2) is 32.4 Å². The third kappa shape index (κ3) is 4.18. The van der Waals surface area contributed by atoms with Crippen LogP contribution >= 0.6 is 0 Å². The summed E-state index contributed by atoms with van der Waals surface area (Å²) in [5.74, 6) is 1.07. The van der Waals surface area contributed by atoms with Gasteiger partial charge in [0.05, 0.1) is 0 Å². The fourth-order valence-electron chi connectivity index (χ4n) is 2.18. The molecule has 21 heavy (non-hydrogen) atoms. The largest absolute Gasteiger partial charge is 0.465 e. The number of hydrogen-bond acceptors (Lipinski definition) is 4. The van der Waals surface area contributed by atoms with Crippen LogP contribution in [0.25, 0.3) is 0 Å². The number of aryl methyl sites for hydroxylation is 2. The van der Waals surface area contributed by atoms with Crippen LogP contribution in [0.15, 0.2) is 21.5 Å². The van der Waals surface area contributed by atoms with Crippen molar-refractivity contribution < 1.29 is 12.8 Å². The van der Waals surface area contributed by atoms with Crippen LogP contribution in [0.5, 0.6) is 0 Å². The highest BCUT2D eigenvalue weighted by Crippen LogP contribution is 2.29. The molecule has 0 atom stereocenters. The minimum absolute atomic E-state index is 0.267. The molecule has 1 heterocycles. The molecule has 0 unspecified atom stereocenters. The molecular weight excluding hydrogens is 288 g/mol. The van der Waals surface area contributed by atoms with E-state index in [2.05, 4.69) is 11.9 Å². The first-order valence-electron chi connectivity index (χ1n) is 7.00. The second-order valence-corrected chi connectivity index (χ2v) is 7.76. The lowest BCUT2D eigenvalue weighted by Gasteiger charge is -2.18. The van der Waals surface area contributed by atoms with Gasteiger partial charge >= 0.3 is 0 Å². The summed E-state index contributed by atoms with van der Waals surface area (Å²) in [5.41, 5.74) is 1.50. The zero-order valence-corrected chi connectivity index (χ0v) is 14.6. The molecule has 0 radical (unpaired) electrons. The van der Waals surface area contributed by atoms with Crippen LogP contribution < -0.4 is 5.32 Å². The Kier molecular flexibility index (Phi) is 5.78. The van der Waals surface area contributed by atoms with Crippen LogP contribution in [0.3, 0.4) is 0 Å². The summed E-state index contributed by atoms with van der Waals surface area (Å²) >= 11 is 0. The van der Waals surface area contributed by atoms with Gasteiger partial charge in [0.15, 0.2) is 0 Å². The lowest BCUT2D eigenvalue weighted by atomic mass is 10.2. The zero-order valence-electron chi connectivity index (χ0n) is 13.8. The molecule has 0 aliphatic carbocycles. The number of sulfonamides is 1. The van der Waals surface area contributed by atoms with Crippen molar-refractivity contribution in [2.45, 2.75) is 52.1 Å². The molecule has 1 aromatic heterocycles. The van der Waals surface area contributed by atoms with Gasteiger partial charge in [-0.15, -0.1) is 0 Å². The lowest BCUT2D eigenvalue weighted by Crippen LogP contribution is -2.30. The number of hydrogen-bond donors (Lipinski definition) is 1. The van der Waals surface area contributed by atoms with Crippen molar-refractivity contribution in [2.24, 2.45) is 0 Å². The molecule has 0 amide bonds. The summed E-state index contributed by atoms with van der Waals surface area (Å²) in [7, 11) is -2.02. The summed E-state index contributed by atoms with van der Waals surface area (Å²) < 4.78 is 32.4. The van der Waals surface area contributed by atoms with Gasteiger partial charge in [0, 0.05) is 31.7 Å². The number of furan rings is 1. The van der Waals surface area contributed by atoms with Crippen molar-refractivity contribution in [2.75, 3.05) is 13.6 Å². The average Bonchev–Trinajstić information content (AvgIpc) is 2.60. The van der Waals surface area contributed by atoms with E-state index in [0.29, 0.717) is 30.2 Å². The molecule has 0 saturated heterocycles. The average molecular weight is 314 g/mol. The predicted molar refractivity (Wildman–Crippen MR) is 84.8 cm³/mol. The Labute approximate surface area is 128 Å². The highest BCUT2D eigenvalue weighted by Gasteiger charge is 2.30.